The van der Waals surface area contributed by atoms with Crippen molar-refractivity contribution in [2.45, 2.75) is 37.4 Å². The van der Waals surface area contributed by atoms with Crippen molar-refractivity contribution in [2.75, 3.05) is 27.4 Å². The Hall–Kier alpha value is -1.78. The Morgan fingerprint density at radius 1 is 1.00 bits per heavy atom. The van der Waals surface area contributed by atoms with Crippen molar-refractivity contribution in [3.63, 3.8) is 0 Å². The van der Waals surface area contributed by atoms with Crippen LogP contribution in [0.2, 0.25) is 0 Å². The Kier molecular flexibility index (Phi) is 9.44. The monoisotopic (exact) mass is 451 g/mol. The summed E-state index contributed by atoms with van der Waals surface area (Å²) in [6.07, 6.45) is 0. The Labute approximate surface area is 170 Å². The molecule has 0 saturated carbocycles. The molecule has 1 rings (SSSR count). The number of esters is 2. The van der Waals surface area contributed by atoms with Gasteiger partial charge in [0.25, 0.3) is 0 Å². The summed E-state index contributed by atoms with van der Waals surface area (Å²) in [5.41, 5.74) is -1.10. The maximum atomic E-state index is 13.0. The van der Waals surface area contributed by atoms with Gasteiger partial charge >= 0.3 is 19.5 Å². The first-order chi connectivity index (χ1) is 13.6. The first-order valence-electron chi connectivity index (χ1n) is 8.69. The van der Waals surface area contributed by atoms with E-state index in [0.717, 1.165) is 19.8 Å². The number of benzene rings is 1. The third-order valence-electron chi connectivity index (χ3n) is 3.85. The van der Waals surface area contributed by atoms with Gasteiger partial charge in [0.1, 0.15) is 6.04 Å². The van der Waals surface area contributed by atoms with Gasteiger partial charge in [-0.05, 0) is 32.9 Å². The lowest BCUT2D eigenvalue weighted by Gasteiger charge is -2.28. The fraction of sp³-hybridized carbons (Fsp3) is 0.529. The average Bonchev–Trinajstić information content (AvgIpc) is 2.67. The quantitative estimate of drug-likeness (QED) is 0.393. The molecule has 0 bridgehead atoms. The molecule has 2 unspecified atom stereocenters. The van der Waals surface area contributed by atoms with Crippen molar-refractivity contribution in [1.82, 2.24) is 4.72 Å². The lowest BCUT2D eigenvalue weighted by Crippen LogP contribution is -2.53. The molecule has 29 heavy (non-hydrogen) atoms. The minimum atomic E-state index is -4.30. The number of hydrogen-bond acceptors (Lipinski definition) is 9. The molecule has 0 heterocycles. The Bertz CT molecular complexity index is 846. The summed E-state index contributed by atoms with van der Waals surface area (Å²) in [5.74, 6) is -2.26. The smallest absolute Gasteiger partial charge is 0.346 e. The van der Waals surface area contributed by atoms with Crippen LogP contribution in [0.4, 0.5) is 0 Å². The van der Waals surface area contributed by atoms with Gasteiger partial charge in [-0.3, -0.25) is 14.2 Å². The van der Waals surface area contributed by atoms with Crippen molar-refractivity contribution >= 4 is 29.6 Å². The molecule has 2 atom stereocenters. The predicted octanol–water partition coefficient (Wildman–Crippen LogP) is 1.62. The van der Waals surface area contributed by atoms with Crippen LogP contribution in [-0.4, -0.2) is 59.5 Å². The van der Waals surface area contributed by atoms with Gasteiger partial charge in [-0.2, -0.15) is 4.72 Å². The van der Waals surface area contributed by atoms with Crippen molar-refractivity contribution in [2.24, 2.45) is 0 Å². The van der Waals surface area contributed by atoms with E-state index in [-0.39, 0.29) is 18.1 Å². The summed E-state index contributed by atoms with van der Waals surface area (Å²) >= 11 is 0. The minimum Gasteiger partial charge on any atom is -0.465 e. The minimum absolute atomic E-state index is 0.108. The zero-order valence-electron chi connectivity index (χ0n) is 16.9. The summed E-state index contributed by atoms with van der Waals surface area (Å²) < 4.78 is 60.2. The fourth-order valence-corrected chi connectivity index (χ4v) is 5.20. The zero-order valence-corrected chi connectivity index (χ0v) is 18.6. The maximum Gasteiger partial charge on any atom is 0.346 e. The molecular formula is C17H26NO9PS. The number of sulfonamides is 1. The first-order valence-corrected chi connectivity index (χ1v) is 11.8. The fourth-order valence-electron chi connectivity index (χ4n) is 2.40. The molecule has 1 aromatic carbocycles. The van der Waals surface area contributed by atoms with Crippen LogP contribution in [0.1, 0.15) is 19.4 Å². The molecule has 10 nitrogen and oxygen atoms in total. The van der Waals surface area contributed by atoms with E-state index in [2.05, 4.69) is 4.72 Å². The van der Waals surface area contributed by atoms with Crippen molar-refractivity contribution < 1.29 is 41.1 Å². The average molecular weight is 451 g/mol. The second kappa shape index (κ2) is 10.8. The van der Waals surface area contributed by atoms with E-state index < -0.39 is 41.3 Å². The largest absolute Gasteiger partial charge is 0.465 e. The van der Waals surface area contributed by atoms with Crippen LogP contribution in [0.25, 0.3) is 0 Å². The number of aryl methyl sites for hydroxylation is 1. The van der Waals surface area contributed by atoms with E-state index >= 15 is 0 Å². The molecule has 0 fully saturated rings. The predicted molar refractivity (Wildman–Crippen MR) is 104 cm³/mol. The van der Waals surface area contributed by atoms with Gasteiger partial charge in [0.15, 0.2) is 5.66 Å². The lowest BCUT2D eigenvalue weighted by molar-refractivity contribution is -0.151. The van der Waals surface area contributed by atoms with E-state index in [1.165, 1.54) is 26.0 Å². The Morgan fingerprint density at radius 2 is 1.48 bits per heavy atom. The van der Waals surface area contributed by atoms with Gasteiger partial charge in [0, 0.05) is 14.2 Å². The molecule has 0 radical (unpaired) electrons. The van der Waals surface area contributed by atoms with Gasteiger partial charge in [-0.25, -0.2) is 8.42 Å². The molecule has 0 aliphatic carbocycles. The standard InChI is InChI=1S/C17H26NO9PS/c1-6-26-16(19)14(15(17(20)27-7-2)28(21,24-4)25-5)18-29(22,23)13-10-8-12(3)9-11-13/h8-11,14-15,18H,6-7H2,1-5H3. The molecule has 0 spiro atoms. The first kappa shape index (κ1) is 25.3. The third-order valence-corrected chi connectivity index (χ3v) is 7.51. The Balaban J connectivity index is 3.50. The van der Waals surface area contributed by atoms with Crippen molar-refractivity contribution in [3.05, 3.63) is 29.8 Å². The lowest BCUT2D eigenvalue weighted by atomic mass is 10.2. The van der Waals surface area contributed by atoms with Crippen molar-refractivity contribution in [3.8, 4) is 0 Å². The topological polar surface area (TPSA) is 134 Å². The van der Waals surface area contributed by atoms with Crippen LogP contribution in [0, 0.1) is 6.92 Å². The second-order valence-electron chi connectivity index (χ2n) is 5.77. The van der Waals surface area contributed by atoms with Gasteiger partial charge < -0.3 is 18.5 Å². The molecule has 0 saturated heterocycles. The molecule has 0 aliphatic rings. The highest BCUT2D eigenvalue weighted by Crippen LogP contribution is 2.53. The third kappa shape index (κ3) is 6.35. The van der Waals surface area contributed by atoms with Crippen LogP contribution in [0.3, 0.4) is 0 Å². The zero-order chi connectivity index (χ0) is 22.2. The van der Waals surface area contributed by atoms with Crippen LogP contribution in [0.5, 0.6) is 0 Å². The second-order valence-corrected chi connectivity index (χ2v) is 9.85. The Morgan fingerprint density at radius 3 is 1.93 bits per heavy atom. The normalized spacial score (nSPS) is 14.1. The van der Waals surface area contributed by atoms with Gasteiger partial charge in [-0.1, -0.05) is 17.7 Å². The number of carbonyl (C=O) groups is 2. The van der Waals surface area contributed by atoms with E-state index in [1.807, 2.05) is 0 Å². The molecule has 0 aromatic heterocycles. The summed E-state index contributed by atoms with van der Waals surface area (Å²) in [7, 11) is -6.58. The molecule has 0 aliphatic heterocycles. The molecular weight excluding hydrogens is 425 g/mol. The van der Waals surface area contributed by atoms with Crippen molar-refractivity contribution in [1.29, 1.82) is 0 Å². The van der Waals surface area contributed by atoms with E-state index in [0.29, 0.717) is 0 Å². The highest BCUT2D eigenvalue weighted by molar-refractivity contribution is 7.89. The van der Waals surface area contributed by atoms with Gasteiger partial charge in [0.05, 0.1) is 18.1 Å². The summed E-state index contributed by atoms with van der Waals surface area (Å²) in [4.78, 5) is 24.9. The summed E-state index contributed by atoms with van der Waals surface area (Å²) in [6.45, 7) is 4.55. The number of nitrogens with one attached hydrogen (secondary N) is 1. The molecule has 12 heteroatoms. The maximum absolute atomic E-state index is 13.0. The highest BCUT2D eigenvalue weighted by atomic mass is 32.2. The van der Waals surface area contributed by atoms with Crippen LogP contribution < -0.4 is 4.72 Å². The summed E-state index contributed by atoms with van der Waals surface area (Å²) in [6, 6.07) is 3.86. The van der Waals surface area contributed by atoms with Gasteiger partial charge in [-0.15, -0.1) is 0 Å². The number of ether oxygens (including phenoxy) is 2. The van der Waals surface area contributed by atoms with E-state index in [9.17, 15) is 22.6 Å². The van der Waals surface area contributed by atoms with Crippen LogP contribution in [0.15, 0.2) is 29.2 Å². The van der Waals surface area contributed by atoms with Gasteiger partial charge in [0.2, 0.25) is 10.0 Å². The van der Waals surface area contributed by atoms with Crippen LogP contribution in [-0.2, 0) is 42.7 Å². The SMILES string of the molecule is CCOC(=O)C(NS(=O)(=O)c1ccc(C)cc1)C(C(=O)OCC)P(=O)(OC)OC. The molecule has 1 N–H and O–H groups in total. The van der Waals surface area contributed by atoms with Crippen LogP contribution >= 0.6 is 7.60 Å². The molecule has 164 valence electrons. The molecule has 0 amide bonds. The number of rotatable bonds is 11. The molecule has 1 aromatic rings. The number of hydrogen-bond donors (Lipinski definition) is 1. The highest BCUT2D eigenvalue weighted by Gasteiger charge is 2.51. The van der Waals surface area contributed by atoms with E-state index in [4.69, 9.17) is 18.5 Å². The summed E-state index contributed by atoms with van der Waals surface area (Å²) in [5, 5.41) is 0. The number of carbonyl (C=O) groups excluding carboxylic acids is 2. The van der Waals surface area contributed by atoms with E-state index in [1.54, 1.807) is 19.1 Å².